The Labute approximate surface area is 136 Å². The number of H-pyrrole nitrogens is 1. The van der Waals surface area contributed by atoms with Crippen LogP contribution in [-0.4, -0.2) is 10.1 Å². The first-order chi connectivity index (χ1) is 10.6. The molecule has 1 aromatic heterocycles. The van der Waals surface area contributed by atoms with Crippen LogP contribution in [0, 0.1) is 5.82 Å². The van der Waals surface area contributed by atoms with E-state index in [9.17, 15) is 9.50 Å². The lowest BCUT2D eigenvalue weighted by Crippen LogP contribution is -2.33. The molecule has 1 aliphatic carbocycles. The van der Waals surface area contributed by atoms with Crippen LogP contribution in [0.4, 0.5) is 4.39 Å². The van der Waals surface area contributed by atoms with Gasteiger partial charge in [0.25, 0.3) is 0 Å². The van der Waals surface area contributed by atoms with Crippen LogP contribution >= 0.6 is 15.9 Å². The minimum absolute atomic E-state index is 0.253. The maximum Gasteiger partial charge on any atom is 0.133 e. The fourth-order valence-electron chi connectivity index (χ4n) is 3.09. The monoisotopic (exact) mass is 359 g/mol. The van der Waals surface area contributed by atoms with Crippen LogP contribution in [-0.2, 0) is 5.60 Å². The third-order valence-electron chi connectivity index (χ3n) is 4.63. The van der Waals surface area contributed by atoms with Crippen LogP contribution in [0.25, 0.3) is 22.0 Å². The van der Waals surface area contributed by atoms with Gasteiger partial charge in [-0.3, -0.25) is 0 Å². The molecule has 0 saturated heterocycles. The zero-order valence-corrected chi connectivity index (χ0v) is 13.5. The number of aromatic amines is 1. The van der Waals surface area contributed by atoms with E-state index in [1.807, 2.05) is 36.5 Å². The standard InChI is InChI=1S/C18H15BrFNO/c19-15-10-21-17-9-16(20)13(8-14(15)17)11-2-4-12(5-3-11)18(22)6-1-7-18/h2-5,8-10,21-22H,1,6-7H2. The molecule has 3 aromatic rings. The Morgan fingerprint density at radius 1 is 1.14 bits per heavy atom. The van der Waals surface area contributed by atoms with Gasteiger partial charge < -0.3 is 10.1 Å². The highest BCUT2D eigenvalue weighted by Crippen LogP contribution is 2.41. The number of benzene rings is 2. The Morgan fingerprint density at radius 2 is 1.86 bits per heavy atom. The smallest absolute Gasteiger partial charge is 0.133 e. The van der Waals surface area contributed by atoms with Gasteiger partial charge in [0, 0.05) is 27.1 Å². The van der Waals surface area contributed by atoms with Crippen molar-refractivity contribution in [2.24, 2.45) is 0 Å². The van der Waals surface area contributed by atoms with E-state index in [-0.39, 0.29) is 5.82 Å². The quantitative estimate of drug-likeness (QED) is 0.655. The van der Waals surface area contributed by atoms with E-state index in [1.54, 1.807) is 0 Å². The fourth-order valence-corrected chi connectivity index (χ4v) is 3.53. The van der Waals surface area contributed by atoms with Gasteiger partial charge >= 0.3 is 0 Å². The Kier molecular flexibility index (Phi) is 3.13. The number of nitrogens with one attached hydrogen (secondary N) is 1. The molecule has 2 N–H and O–H groups in total. The van der Waals surface area contributed by atoms with Crippen LogP contribution in [0.15, 0.2) is 47.1 Å². The van der Waals surface area contributed by atoms with Gasteiger partial charge in [-0.05, 0) is 58.5 Å². The summed E-state index contributed by atoms with van der Waals surface area (Å²) in [6.07, 6.45) is 4.49. The van der Waals surface area contributed by atoms with Gasteiger partial charge in [0.15, 0.2) is 0 Å². The Hall–Kier alpha value is -1.65. The number of hydrogen-bond acceptors (Lipinski definition) is 1. The highest BCUT2D eigenvalue weighted by molar-refractivity contribution is 9.10. The van der Waals surface area contributed by atoms with E-state index in [2.05, 4.69) is 20.9 Å². The van der Waals surface area contributed by atoms with E-state index in [1.165, 1.54) is 6.07 Å². The van der Waals surface area contributed by atoms with Crippen molar-refractivity contribution in [1.29, 1.82) is 0 Å². The fraction of sp³-hybridized carbons (Fsp3) is 0.222. The molecule has 1 heterocycles. The summed E-state index contributed by atoms with van der Waals surface area (Å²) in [5.74, 6) is -0.253. The first-order valence-electron chi connectivity index (χ1n) is 7.36. The van der Waals surface area contributed by atoms with Gasteiger partial charge in [0.05, 0.1) is 5.60 Å². The van der Waals surface area contributed by atoms with Crippen LogP contribution in [0.1, 0.15) is 24.8 Å². The van der Waals surface area contributed by atoms with E-state index in [0.29, 0.717) is 5.56 Å². The highest BCUT2D eigenvalue weighted by atomic mass is 79.9. The maximum atomic E-state index is 14.3. The molecule has 0 bridgehead atoms. The molecule has 1 fully saturated rings. The van der Waals surface area contributed by atoms with Crippen LogP contribution in [0.2, 0.25) is 0 Å². The van der Waals surface area contributed by atoms with Crippen molar-refractivity contribution in [2.75, 3.05) is 0 Å². The molecule has 0 aliphatic heterocycles. The molecule has 1 aliphatic rings. The summed E-state index contributed by atoms with van der Waals surface area (Å²) in [6.45, 7) is 0. The molecule has 2 nitrogen and oxygen atoms in total. The molecule has 0 atom stereocenters. The molecule has 22 heavy (non-hydrogen) atoms. The Balaban J connectivity index is 1.78. The van der Waals surface area contributed by atoms with Gasteiger partial charge in [-0.2, -0.15) is 0 Å². The first kappa shape index (κ1) is 14.0. The molecular weight excluding hydrogens is 345 g/mol. The lowest BCUT2D eigenvalue weighted by Gasteiger charge is -2.37. The molecule has 0 unspecified atom stereocenters. The van der Waals surface area contributed by atoms with Gasteiger partial charge in [-0.25, -0.2) is 4.39 Å². The summed E-state index contributed by atoms with van der Waals surface area (Å²) in [5, 5.41) is 11.3. The number of rotatable bonds is 2. The van der Waals surface area contributed by atoms with Gasteiger partial charge in [-0.1, -0.05) is 24.3 Å². The minimum atomic E-state index is -0.676. The largest absolute Gasteiger partial charge is 0.385 e. The molecule has 0 spiro atoms. The molecule has 2 aromatic carbocycles. The van der Waals surface area contributed by atoms with Crippen LogP contribution in [0.5, 0.6) is 0 Å². The first-order valence-corrected chi connectivity index (χ1v) is 8.16. The Morgan fingerprint density at radius 3 is 2.50 bits per heavy atom. The number of halogens is 2. The summed E-state index contributed by atoms with van der Waals surface area (Å²) in [6, 6.07) is 10.9. The second kappa shape index (κ2) is 4.93. The lowest BCUT2D eigenvalue weighted by atomic mass is 9.75. The molecule has 112 valence electrons. The second-order valence-electron chi connectivity index (χ2n) is 5.98. The summed E-state index contributed by atoms with van der Waals surface area (Å²) in [4.78, 5) is 3.03. The van der Waals surface area contributed by atoms with Crippen molar-refractivity contribution in [3.8, 4) is 11.1 Å². The number of fused-ring (bicyclic) bond motifs is 1. The lowest BCUT2D eigenvalue weighted by molar-refractivity contribution is -0.0387. The highest BCUT2D eigenvalue weighted by Gasteiger charge is 2.35. The maximum absolute atomic E-state index is 14.3. The number of aromatic nitrogens is 1. The van der Waals surface area contributed by atoms with Crippen molar-refractivity contribution in [2.45, 2.75) is 24.9 Å². The van der Waals surface area contributed by atoms with Crippen LogP contribution < -0.4 is 0 Å². The summed E-state index contributed by atoms with van der Waals surface area (Å²) >= 11 is 3.47. The molecule has 0 amide bonds. The second-order valence-corrected chi connectivity index (χ2v) is 6.83. The average Bonchev–Trinajstić information content (AvgIpc) is 2.85. The molecule has 0 radical (unpaired) electrons. The molecule has 4 heteroatoms. The van der Waals surface area contributed by atoms with Gasteiger partial charge in [0.2, 0.25) is 0 Å². The van der Waals surface area contributed by atoms with E-state index in [0.717, 1.165) is 45.8 Å². The van der Waals surface area contributed by atoms with Crippen molar-refractivity contribution in [3.05, 3.63) is 58.4 Å². The number of aliphatic hydroxyl groups is 1. The summed E-state index contributed by atoms with van der Waals surface area (Å²) in [7, 11) is 0. The zero-order valence-electron chi connectivity index (χ0n) is 11.9. The van der Waals surface area contributed by atoms with Crippen LogP contribution in [0.3, 0.4) is 0 Å². The molecular formula is C18H15BrFNO. The topological polar surface area (TPSA) is 36.0 Å². The third kappa shape index (κ3) is 2.09. The third-order valence-corrected chi connectivity index (χ3v) is 5.29. The van der Waals surface area contributed by atoms with Gasteiger partial charge in [-0.15, -0.1) is 0 Å². The predicted octanol–water partition coefficient (Wildman–Crippen LogP) is 5.11. The molecule has 1 saturated carbocycles. The molecule has 4 rings (SSSR count). The SMILES string of the molecule is OC1(c2ccc(-c3cc4c(Br)c[nH]c4cc3F)cc2)CCC1. The van der Waals surface area contributed by atoms with E-state index >= 15 is 0 Å². The average molecular weight is 360 g/mol. The van der Waals surface area contributed by atoms with Crippen molar-refractivity contribution in [3.63, 3.8) is 0 Å². The minimum Gasteiger partial charge on any atom is -0.385 e. The van der Waals surface area contributed by atoms with Gasteiger partial charge in [0.1, 0.15) is 5.82 Å². The summed E-state index contributed by atoms with van der Waals surface area (Å²) < 4.78 is 15.3. The van der Waals surface area contributed by atoms with Crippen molar-refractivity contribution >= 4 is 26.8 Å². The van der Waals surface area contributed by atoms with E-state index < -0.39 is 5.60 Å². The predicted molar refractivity (Wildman–Crippen MR) is 89.1 cm³/mol. The zero-order chi connectivity index (χ0) is 15.3. The number of hydrogen-bond donors (Lipinski definition) is 2. The normalized spacial score (nSPS) is 16.7. The van der Waals surface area contributed by atoms with Crippen molar-refractivity contribution < 1.29 is 9.50 Å². The van der Waals surface area contributed by atoms with E-state index in [4.69, 9.17) is 0 Å². The summed E-state index contributed by atoms with van der Waals surface area (Å²) in [5.41, 5.74) is 2.41. The Bertz CT molecular complexity index is 849. The van der Waals surface area contributed by atoms with Crippen molar-refractivity contribution in [1.82, 2.24) is 4.98 Å².